The summed E-state index contributed by atoms with van der Waals surface area (Å²) in [6.45, 7) is 9.24. The van der Waals surface area contributed by atoms with Crippen LogP contribution in [0.15, 0.2) is 0 Å². The van der Waals surface area contributed by atoms with E-state index in [9.17, 15) is 0 Å². The maximum atomic E-state index is 6.10. The van der Waals surface area contributed by atoms with Crippen molar-refractivity contribution in [1.82, 2.24) is 0 Å². The van der Waals surface area contributed by atoms with Crippen molar-refractivity contribution in [2.45, 2.75) is 65.6 Å². The SMILES string of the molecule is CC1OC(CC(C)(C)C)C2CCCC12. The van der Waals surface area contributed by atoms with Crippen molar-refractivity contribution in [3.05, 3.63) is 0 Å². The van der Waals surface area contributed by atoms with Gasteiger partial charge in [-0.2, -0.15) is 0 Å². The third-order valence-electron chi connectivity index (χ3n) is 3.91. The van der Waals surface area contributed by atoms with Gasteiger partial charge < -0.3 is 4.74 Å². The molecule has 1 heteroatoms. The van der Waals surface area contributed by atoms with Crippen molar-refractivity contribution in [2.75, 3.05) is 0 Å². The molecule has 1 aliphatic heterocycles. The Bertz CT molecular complexity index is 204. The summed E-state index contributed by atoms with van der Waals surface area (Å²) in [4.78, 5) is 0. The number of hydrogen-bond acceptors (Lipinski definition) is 1. The van der Waals surface area contributed by atoms with E-state index >= 15 is 0 Å². The summed E-state index contributed by atoms with van der Waals surface area (Å²) < 4.78 is 6.10. The maximum absolute atomic E-state index is 6.10. The topological polar surface area (TPSA) is 9.23 Å². The van der Waals surface area contributed by atoms with Crippen molar-refractivity contribution >= 4 is 0 Å². The minimum atomic E-state index is 0.419. The molecule has 0 radical (unpaired) electrons. The van der Waals surface area contributed by atoms with Crippen LogP contribution >= 0.6 is 0 Å². The van der Waals surface area contributed by atoms with E-state index in [1.54, 1.807) is 0 Å². The Hall–Kier alpha value is -0.0400. The Morgan fingerprint density at radius 3 is 2.43 bits per heavy atom. The summed E-state index contributed by atoms with van der Waals surface area (Å²) >= 11 is 0. The Morgan fingerprint density at radius 1 is 1.14 bits per heavy atom. The van der Waals surface area contributed by atoms with Gasteiger partial charge in [-0.15, -0.1) is 0 Å². The number of ether oxygens (including phenoxy) is 1. The predicted octanol–water partition coefficient (Wildman–Crippen LogP) is 3.63. The lowest BCUT2D eigenvalue weighted by atomic mass is 9.82. The molecule has 0 bridgehead atoms. The second kappa shape index (κ2) is 3.52. The van der Waals surface area contributed by atoms with E-state index in [4.69, 9.17) is 4.74 Å². The van der Waals surface area contributed by atoms with E-state index in [-0.39, 0.29) is 0 Å². The van der Waals surface area contributed by atoms with Crippen LogP contribution < -0.4 is 0 Å². The van der Waals surface area contributed by atoms with Crippen LogP contribution in [0.1, 0.15) is 53.4 Å². The van der Waals surface area contributed by atoms with Crippen LogP contribution in [0.5, 0.6) is 0 Å². The molecule has 1 saturated carbocycles. The van der Waals surface area contributed by atoms with E-state index in [0.29, 0.717) is 17.6 Å². The molecule has 0 aromatic heterocycles. The molecule has 82 valence electrons. The Balaban J connectivity index is 2.00. The average molecular weight is 196 g/mol. The lowest BCUT2D eigenvalue weighted by molar-refractivity contribution is 0.0112. The third-order valence-corrected chi connectivity index (χ3v) is 3.91. The lowest BCUT2D eigenvalue weighted by Crippen LogP contribution is -2.23. The van der Waals surface area contributed by atoms with Gasteiger partial charge in [-0.3, -0.25) is 0 Å². The first kappa shape index (κ1) is 10.5. The van der Waals surface area contributed by atoms with E-state index in [1.807, 2.05) is 0 Å². The summed E-state index contributed by atoms with van der Waals surface area (Å²) in [5.74, 6) is 1.76. The highest BCUT2D eigenvalue weighted by Crippen LogP contribution is 2.47. The molecule has 1 heterocycles. The predicted molar refractivity (Wildman–Crippen MR) is 59.2 cm³/mol. The van der Waals surface area contributed by atoms with Gasteiger partial charge in [0.25, 0.3) is 0 Å². The van der Waals surface area contributed by atoms with Crippen molar-refractivity contribution in [3.63, 3.8) is 0 Å². The van der Waals surface area contributed by atoms with Crippen molar-refractivity contribution < 1.29 is 4.74 Å². The molecule has 2 fully saturated rings. The molecule has 0 amide bonds. The second-order valence-corrected chi connectivity index (χ2v) is 6.40. The average Bonchev–Trinajstić information content (AvgIpc) is 2.54. The van der Waals surface area contributed by atoms with Crippen LogP contribution in [0, 0.1) is 17.3 Å². The normalized spacial score (nSPS) is 42.9. The zero-order valence-corrected chi connectivity index (χ0v) is 10.0. The Kier molecular flexibility index (Phi) is 2.63. The number of fused-ring (bicyclic) bond motifs is 1. The summed E-state index contributed by atoms with van der Waals surface area (Å²) in [5.41, 5.74) is 0.419. The molecule has 4 unspecified atom stereocenters. The van der Waals surface area contributed by atoms with Gasteiger partial charge in [0.1, 0.15) is 0 Å². The van der Waals surface area contributed by atoms with Gasteiger partial charge >= 0.3 is 0 Å². The lowest BCUT2D eigenvalue weighted by Gasteiger charge is -2.26. The van der Waals surface area contributed by atoms with E-state index in [1.165, 1.54) is 25.7 Å². The quantitative estimate of drug-likeness (QED) is 0.622. The van der Waals surface area contributed by atoms with Crippen LogP contribution in [0.25, 0.3) is 0 Å². The van der Waals surface area contributed by atoms with E-state index in [2.05, 4.69) is 27.7 Å². The Labute approximate surface area is 88.2 Å². The highest BCUT2D eigenvalue weighted by molar-refractivity contribution is 4.93. The third kappa shape index (κ3) is 1.98. The van der Waals surface area contributed by atoms with Crippen LogP contribution in [-0.2, 0) is 4.74 Å². The van der Waals surface area contributed by atoms with Crippen molar-refractivity contribution in [2.24, 2.45) is 17.3 Å². The fraction of sp³-hybridized carbons (Fsp3) is 1.00. The highest BCUT2D eigenvalue weighted by atomic mass is 16.5. The minimum absolute atomic E-state index is 0.419. The number of rotatable bonds is 1. The first-order valence-electron chi connectivity index (χ1n) is 6.13. The summed E-state index contributed by atoms with van der Waals surface area (Å²) in [5, 5.41) is 0. The van der Waals surface area contributed by atoms with Gasteiger partial charge in [0, 0.05) is 0 Å². The second-order valence-electron chi connectivity index (χ2n) is 6.40. The molecule has 0 aromatic rings. The maximum Gasteiger partial charge on any atom is 0.0615 e. The van der Waals surface area contributed by atoms with Gasteiger partial charge in [-0.05, 0) is 43.4 Å². The Morgan fingerprint density at radius 2 is 1.79 bits per heavy atom. The molecular formula is C13H24O. The van der Waals surface area contributed by atoms with Gasteiger partial charge in [0.2, 0.25) is 0 Å². The van der Waals surface area contributed by atoms with E-state index < -0.39 is 0 Å². The molecule has 2 rings (SSSR count). The first-order valence-corrected chi connectivity index (χ1v) is 6.13. The summed E-state index contributed by atoms with van der Waals surface area (Å²) in [6, 6.07) is 0. The molecule has 0 aromatic carbocycles. The zero-order valence-electron chi connectivity index (χ0n) is 10.0. The molecule has 1 saturated heterocycles. The molecule has 1 aliphatic carbocycles. The molecule has 14 heavy (non-hydrogen) atoms. The fourth-order valence-corrected chi connectivity index (χ4v) is 3.34. The molecule has 1 nitrogen and oxygen atoms in total. The minimum Gasteiger partial charge on any atom is -0.375 e. The van der Waals surface area contributed by atoms with Crippen molar-refractivity contribution in [3.8, 4) is 0 Å². The van der Waals surface area contributed by atoms with Gasteiger partial charge in [-0.25, -0.2) is 0 Å². The van der Waals surface area contributed by atoms with Crippen LogP contribution in [0.4, 0.5) is 0 Å². The van der Waals surface area contributed by atoms with Crippen LogP contribution in [0.3, 0.4) is 0 Å². The summed E-state index contributed by atoms with van der Waals surface area (Å²) in [7, 11) is 0. The van der Waals surface area contributed by atoms with Crippen LogP contribution in [-0.4, -0.2) is 12.2 Å². The summed E-state index contributed by atoms with van der Waals surface area (Å²) in [6.07, 6.45) is 6.57. The fourth-order valence-electron chi connectivity index (χ4n) is 3.34. The van der Waals surface area contributed by atoms with Gasteiger partial charge in [0.05, 0.1) is 12.2 Å². The first-order chi connectivity index (χ1) is 6.47. The molecule has 0 N–H and O–H groups in total. The zero-order chi connectivity index (χ0) is 10.3. The molecular weight excluding hydrogens is 172 g/mol. The highest BCUT2D eigenvalue weighted by Gasteiger charge is 2.45. The largest absolute Gasteiger partial charge is 0.375 e. The van der Waals surface area contributed by atoms with Crippen molar-refractivity contribution in [1.29, 1.82) is 0 Å². The molecule has 4 atom stereocenters. The smallest absolute Gasteiger partial charge is 0.0615 e. The standard InChI is InChI=1S/C13H24O/c1-9-10-6-5-7-11(10)12(14-9)8-13(2,3)4/h9-12H,5-8H2,1-4H3. The van der Waals surface area contributed by atoms with E-state index in [0.717, 1.165) is 11.8 Å². The van der Waals surface area contributed by atoms with Crippen LogP contribution in [0.2, 0.25) is 0 Å². The monoisotopic (exact) mass is 196 g/mol. The van der Waals surface area contributed by atoms with Gasteiger partial charge in [0.15, 0.2) is 0 Å². The molecule has 0 spiro atoms. The van der Waals surface area contributed by atoms with Gasteiger partial charge in [-0.1, -0.05) is 27.2 Å². The molecule has 2 aliphatic rings. The number of hydrogen-bond donors (Lipinski definition) is 0.